The number of aromatic nitrogens is 2. The highest BCUT2D eigenvalue weighted by Crippen LogP contribution is 2.31. The van der Waals surface area contributed by atoms with Gasteiger partial charge in [-0.1, -0.05) is 6.07 Å². The summed E-state index contributed by atoms with van der Waals surface area (Å²) in [7, 11) is 1.45. The van der Waals surface area contributed by atoms with Crippen LogP contribution in [0.2, 0.25) is 0 Å². The second-order valence-corrected chi connectivity index (χ2v) is 3.51. The number of nitrogens with one attached hydrogen (secondary N) is 1. The molecule has 0 fully saturated rings. The number of para-hydroxylation sites is 1. The highest BCUT2D eigenvalue weighted by atomic mass is 16.5. The number of nitriles is 1. The number of benzene rings is 1. The zero-order chi connectivity index (χ0) is 13.1. The molecule has 2 aromatic rings. The van der Waals surface area contributed by atoms with E-state index in [1.165, 1.54) is 13.2 Å². The van der Waals surface area contributed by atoms with E-state index in [4.69, 9.17) is 15.7 Å². The summed E-state index contributed by atoms with van der Waals surface area (Å²) in [5.74, 6) is 0.388. The molecule has 90 valence electrons. The van der Waals surface area contributed by atoms with Crippen molar-refractivity contribution in [2.24, 2.45) is 0 Å². The number of aromatic amines is 1. The lowest BCUT2D eigenvalue weighted by atomic mass is 10.1. The molecule has 0 amide bonds. The van der Waals surface area contributed by atoms with E-state index in [0.717, 1.165) is 0 Å². The van der Waals surface area contributed by atoms with E-state index in [1.807, 2.05) is 6.07 Å². The monoisotopic (exact) mass is 242 g/mol. The van der Waals surface area contributed by atoms with Gasteiger partial charge in [-0.05, 0) is 12.1 Å². The molecule has 6 nitrogen and oxygen atoms in total. The van der Waals surface area contributed by atoms with Gasteiger partial charge < -0.3 is 10.5 Å². The maximum atomic E-state index is 11.4. The molecule has 0 unspecified atom stereocenters. The Labute approximate surface area is 103 Å². The van der Waals surface area contributed by atoms with Crippen LogP contribution >= 0.6 is 0 Å². The van der Waals surface area contributed by atoms with Gasteiger partial charge in [0.2, 0.25) is 5.95 Å². The van der Waals surface area contributed by atoms with Crippen molar-refractivity contribution in [2.75, 3.05) is 12.8 Å². The van der Waals surface area contributed by atoms with Gasteiger partial charge in [0, 0.05) is 11.6 Å². The molecule has 1 aromatic carbocycles. The molecule has 0 atom stereocenters. The van der Waals surface area contributed by atoms with Crippen molar-refractivity contribution in [2.45, 2.75) is 0 Å². The molecule has 1 aromatic heterocycles. The van der Waals surface area contributed by atoms with Crippen molar-refractivity contribution in [3.63, 3.8) is 0 Å². The summed E-state index contributed by atoms with van der Waals surface area (Å²) < 4.78 is 5.19. The average Bonchev–Trinajstić information content (AvgIpc) is 2.36. The fourth-order valence-electron chi connectivity index (χ4n) is 1.66. The molecular weight excluding hydrogens is 232 g/mol. The third kappa shape index (κ3) is 2.01. The van der Waals surface area contributed by atoms with Gasteiger partial charge in [0.05, 0.1) is 18.4 Å². The lowest BCUT2D eigenvalue weighted by molar-refractivity contribution is 0.415. The van der Waals surface area contributed by atoms with Crippen LogP contribution in [0.3, 0.4) is 0 Å². The van der Waals surface area contributed by atoms with Crippen LogP contribution in [0.15, 0.2) is 29.1 Å². The molecule has 0 radical (unpaired) electrons. The normalized spacial score (nSPS) is 9.78. The second-order valence-electron chi connectivity index (χ2n) is 3.51. The molecule has 18 heavy (non-hydrogen) atoms. The van der Waals surface area contributed by atoms with Gasteiger partial charge in [0.15, 0.2) is 0 Å². The zero-order valence-electron chi connectivity index (χ0n) is 9.60. The Kier molecular flexibility index (Phi) is 2.98. The summed E-state index contributed by atoms with van der Waals surface area (Å²) >= 11 is 0. The first-order valence-electron chi connectivity index (χ1n) is 5.10. The zero-order valence-corrected chi connectivity index (χ0v) is 9.60. The number of H-pyrrole nitrogens is 1. The molecule has 0 saturated heterocycles. The Bertz CT molecular complexity index is 685. The predicted molar refractivity (Wildman–Crippen MR) is 66.0 cm³/mol. The number of nitrogens with zero attached hydrogens (tertiary/aromatic N) is 2. The first-order chi connectivity index (χ1) is 8.65. The quantitative estimate of drug-likeness (QED) is 0.813. The minimum absolute atomic E-state index is 0.0157. The Hall–Kier alpha value is -2.81. The number of nitrogens with two attached hydrogens (primary N) is 1. The van der Waals surface area contributed by atoms with Crippen molar-refractivity contribution >= 4 is 5.95 Å². The highest BCUT2D eigenvalue weighted by molar-refractivity contribution is 5.71. The van der Waals surface area contributed by atoms with E-state index in [2.05, 4.69) is 9.97 Å². The summed E-state index contributed by atoms with van der Waals surface area (Å²) in [5, 5.41) is 8.99. The van der Waals surface area contributed by atoms with Crippen LogP contribution in [-0.2, 0) is 0 Å². The fourth-order valence-corrected chi connectivity index (χ4v) is 1.66. The van der Waals surface area contributed by atoms with E-state index < -0.39 is 0 Å². The van der Waals surface area contributed by atoms with Gasteiger partial charge in [-0.2, -0.15) is 5.26 Å². The van der Waals surface area contributed by atoms with Crippen LogP contribution in [0.5, 0.6) is 5.75 Å². The summed E-state index contributed by atoms with van der Waals surface area (Å²) in [4.78, 5) is 17.7. The number of ether oxygens (including phenoxy) is 1. The molecule has 0 aliphatic heterocycles. The van der Waals surface area contributed by atoms with Crippen LogP contribution in [0.25, 0.3) is 11.3 Å². The summed E-state index contributed by atoms with van der Waals surface area (Å²) in [6, 6.07) is 8.34. The summed E-state index contributed by atoms with van der Waals surface area (Å²) in [6.07, 6.45) is 0. The number of rotatable bonds is 2. The molecule has 3 N–H and O–H groups in total. The molecular formula is C12H10N4O2. The van der Waals surface area contributed by atoms with Crippen molar-refractivity contribution < 1.29 is 4.74 Å². The van der Waals surface area contributed by atoms with Crippen molar-refractivity contribution in [1.82, 2.24) is 9.97 Å². The number of methoxy groups -OCH3 is 1. The first-order valence-corrected chi connectivity index (χ1v) is 5.10. The molecule has 0 spiro atoms. The fraction of sp³-hybridized carbons (Fsp3) is 0.0833. The van der Waals surface area contributed by atoms with E-state index in [0.29, 0.717) is 22.6 Å². The molecule has 2 rings (SSSR count). The van der Waals surface area contributed by atoms with Crippen LogP contribution in [0, 0.1) is 11.3 Å². The summed E-state index contributed by atoms with van der Waals surface area (Å²) in [6.45, 7) is 0. The topological polar surface area (TPSA) is 105 Å². The standard InChI is InChI=1S/C12H10N4O2/c1-18-11-7(6-13)3-2-4-8(11)9-5-10(17)16-12(14)15-9/h2-5H,1H3,(H3,14,15,16,17). The highest BCUT2D eigenvalue weighted by Gasteiger charge is 2.12. The number of nitrogen functional groups attached to an aromatic ring is 1. The van der Waals surface area contributed by atoms with Crippen LogP contribution in [0.1, 0.15) is 5.56 Å². The van der Waals surface area contributed by atoms with Crippen LogP contribution in [-0.4, -0.2) is 17.1 Å². The molecule has 0 bridgehead atoms. The van der Waals surface area contributed by atoms with Gasteiger partial charge in [-0.3, -0.25) is 9.78 Å². The third-order valence-electron chi connectivity index (χ3n) is 2.38. The van der Waals surface area contributed by atoms with Gasteiger partial charge in [-0.15, -0.1) is 0 Å². The summed E-state index contributed by atoms with van der Waals surface area (Å²) in [5.41, 5.74) is 6.41. The van der Waals surface area contributed by atoms with Crippen LogP contribution < -0.4 is 16.0 Å². The third-order valence-corrected chi connectivity index (χ3v) is 2.38. The lowest BCUT2D eigenvalue weighted by Crippen LogP contribution is -2.10. The van der Waals surface area contributed by atoms with Crippen molar-refractivity contribution in [3.05, 3.63) is 40.2 Å². The van der Waals surface area contributed by atoms with Crippen LogP contribution in [0.4, 0.5) is 5.95 Å². The Morgan fingerprint density at radius 1 is 1.50 bits per heavy atom. The largest absolute Gasteiger partial charge is 0.495 e. The predicted octanol–water partition coefficient (Wildman–Crippen LogP) is 0.899. The lowest BCUT2D eigenvalue weighted by Gasteiger charge is -2.09. The molecule has 0 aliphatic carbocycles. The van der Waals surface area contributed by atoms with Gasteiger partial charge in [0.25, 0.3) is 5.56 Å². The van der Waals surface area contributed by atoms with Gasteiger partial charge in [0.1, 0.15) is 11.8 Å². The maximum Gasteiger partial charge on any atom is 0.252 e. The van der Waals surface area contributed by atoms with Gasteiger partial charge in [-0.25, -0.2) is 4.98 Å². The second kappa shape index (κ2) is 4.59. The Balaban J connectivity index is 2.71. The smallest absolute Gasteiger partial charge is 0.252 e. The number of hydrogen-bond donors (Lipinski definition) is 2. The molecule has 0 aliphatic rings. The minimum Gasteiger partial charge on any atom is -0.495 e. The average molecular weight is 242 g/mol. The molecule has 1 heterocycles. The first kappa shape index (κ1) is 11.7. The van der Waals surface area contributed by atoms with Crippen molar-refractivity contribution in [1.29, 1.82) is 5.26 Å². The number of hydrogen-bond acceptors (Lipinski definition) is 5. The van der Waals surface area contributed by atoms with E-state index in [-0.39, 0.29) is 11.5 Å². The van der Waals surface area contributed by atoms with E-state index >= 15 is 0 Å². The van der Waals surface area contributed by atoms with E-state index in [1.54, 1.807) is 18.2 Å². The molecule has 6 heteroatoms. The Morgan fingerprint density at radius 3 is 2.89 bits per heavy atom. The number of anilines is 1. The molecule has 0 saturated carbocycles. The minimum atomic E-state index is -0.359. The SMILES string of the molecule is COc1c(C#N)cccc1-c1cc(=O)[nH]c(N)n1. The maximum absolute atomic E-state index is 11.4. The van der Waals surface area contributed by atoms with Crippen molar-refractivity contribution in [3.8, 4) is 23.1 Å². The van der Waals surface area contributed by atoms with E-state index in [9.17, 15) is 4.79 Å². The Morgan fingerprint density at radius 2 is 2.28 bits per heavy atom. The van der Waals surface area contributed by atoms with Gasteiger partial charge >= 0.3 is 0 Å².